The highest BCUT2D eigenvalue weighted by Gasteiger charge is 2.29. The van der Waals surface area contributed by atoms with Crippen molar-refractivity contribution < 1.29 is 13.6 Å². The molecule has 0 heterocycles. The summed E-state index contributed by atoms with van der Waals surface area (Å²) in [6, 6.07) is 33.3. The summed E-state index contributed by atoms with van der Waals surface area (Å²) in [6.07, 6.45) is 0. The normalized spacial score (nSPS) is 12.0. The van der Waals surface area contributed by atoms with Crippen LogP contribution in [0.5, 0.6) is 0 Å². The van der Waals surface area contributed by atoms with Crippen molar-refractivity contribution in [2.24, 2.45) is 0 Å². The summed E-state index contributed by atoms with van der Waals surface area (Å²) in [5, 5.41) is 1.87. The minimum absolute atomic E-state index is 0.101. The maximum Gasteiger partial charge on any atom is 0.361 e. The molecule has 1 unspecified atom stereocenters. The van der Waals surface area contributed by atoms with Crippen LogP contribution in [-0.2, 0) is 24.4 Å². The SMILES string of the molecule is CC(C)(C)c1ccc(-c2ccccc2P)cc1.CCOP(=O)(OCC)c1ccccc1-c1ccc(C(C)(C)C)cc1. The quantitative estimate of drug-likeness (QED) is 0.202. The molecule has 0 radical (unpaired) electrons. The molecule has 0 aliphatic rings. The zero-order valence-corrected chi connectivity index (χ0v) is 28.0. The van der Waals surface area contributed by atoms with Crippen LogP contribution in [0.1, 0.15) is 66.5 Å². The molecule has 5 heteroatoms. The van der Waals surface area contributed by atoms with Crippen LogP contribution in [-0.4, -0.2) is 13.2 Å². The number of hydrogen-bond donors (Lipinski definition) is 0. The molecule has 218 valence electrons. The van der Waals surface area contributed by atoms with Crippen LogP contribution in [0.2, 0.25) is 0 Å². The van der Waals surface area contributed by atoms with Gasteiger partial charge in [0.2, 0.25) is 0 Å². The molecule has 0 N–H and O–H groups in total. The average Bonchev–Trinajstić information content (AvgIpc) is 2.93. The molecule has 0 aromatic heterocycles. The van der Waals surface area contributed by atoms with E-state index in [1.165, 1.54) is 27.6 Å². The van der Waals surface area contributed by atoms with Crippen molar-refractivity contribution in [3.8, 4) is 22.3 Å². The van der Waals surface area contributed by atoms with Crippen LogP contribution in [0.4, 0.5) is 0 Å². The van der Waals surface area contributed by atoms with Gasteiger partial charge in [0.05, 0.1) is 18.5 Å². The molecular formula is C36H46O3P2. The molecule has 0 aliphatic carbocycles. The number of benzene rings is 4. The van der Waals surface area contributed by atoms with Gasteiger partial charge in [0.15, 0.2) is 0 Å². The average molecular weight is 589 g/mol. The zero-order valence-electron chi connectivity index (χ0n) is 25.9. The molecule has 0 spiro atoms. The number of hydrogen-bond acceptors (Lipinski definition) is 3. The predicted octanol–water partition coefficient (Wildman–Crippen LogP) is 9.69. The first-order valence-corrected chi connectivity index (χ1v) is 16.5. The maximum atomic E-state index is 13.2. The number of rotatable bonds is 7. The zero-order chi connectivity index (χ0) is 30.3. The van der Waals surface area contributed by atoms with Crippen molar-refractivity contribution in [3.63, 3.8) is 0 Å². The van der Waals surface area contributed by atoms with E-state index in [0.717, 1.165) is 11.1 Å². The standard InChI is InChI=1S/C20H27O3P.C16H19P/c1-6-22-24(21,23-7-2)19-11-9-8-10-18(19)16-12-14-17(15-13-16)20(3,4)5;1-16(2,3)13-10-8-12(9-11-13)14-6-4-5-7-15(14)17/h8-15H,6-7H2,1-5H3;4-11H,17H2,1-3H3. The van der Waals surface area contributed by atoms with E-state index in [1.807, 2.05) is 38.1 Å². The molecule has 0 saturated carbocycles. The van der Waals surface area contributed by atoms with Crippen LogP contribution in [0.25, 0.3) is 22.3 Å². The van der Waals surface area contributed by atoms with Crippen molar-refractivity contribution in [3.05, 3.63) is 108 Å². The van der Waals surface area contributed by atoms with Crippen LogP contribution in [0.3, 0.4) is 0 Å². The summed E-state index contributed by atoms with van der Waals surface area (Å²) in [7, 11) is -0.523. The molecule has 0 saturated heterocycles. The minimum atomic E-state index is -3.32. The third-order valence-electron chi connectivity index (χ3n) is 6.88. The van der Waals surface area contributed by atoms with E-state index < -0.39 is 7.60 Å². The molecule has 0 fully saturated rings. The molecule has 0 bridgehead atoms. The highest BCUT2D eigenvalue weighted by Crippen LogP contribution is 2.49. The summed E-state index contributed by atoms with van der Waals surface area (Å²) in [5.74, 6) is 0. The van der Waals surface area contributed by atoms with Crippen molar-refractivity contribution >= 4 is 27.4 Å². The van der Waals surface area contributed by atoms with Gasteiger partial charge < -0.3 is 9.05 Å². The largest absolute Gasteiger partial charge is 0.361 e. The van der Waals surface area contributed by atoms with Crippen LogP contribution in [0, 0.1) is 0 Å². The Kier molecular flexibility index (Phi) is 11.3. The molecule has 4 aromatic rings. The van der Waals surface area contributed by atoms with Gasteiger partial charge in [0, 0.05) is 0 Å². The third kappa shape index (κ3) is 8.73. The first kappa shape index (κ1) is 33.0. The Morgan fingerprint density at radius 2 is 0.976 bits per heavy atom. The molecular weight excluding hydrogens is 542 g/mol. The van der Waals surface area contributed by atoms with E-state index in [4.69, 9.17) is 9.05 Å². The molecule has 41 heavy (non-hydrogen) atoms. The smallest absolute Gasteiger partial charge is 0.305 e. The lowest BCUT2D eigenvalue weighted by atomic mass is 9.86. The minimum Gasteiger partial charge on any atom is -0.305 e. The molecule has 0 amide bonds. The van der Waals surface area contributed by atoms with Crippen molar-refractivity contribution in [2.45, 2.75) is 66.2 Å². The Hall–Kier alpha value is -2.54. The second-order valence-corrected chi connectivity index (χ2v) is 14.7. The molecule has 1 atom stereocenters. The summed E-state index contributed by atoms with van der Waals surface area (Å²) >= 11 is 0. The van der Waals surface area contributed by atoms with Crippen LogP contribution < -0.4 is 10.6 Å². The first-order chi connectivity index (χ1) is 19.3. The molecule has 0 aliphatic heterocycles. The van der Waals surface area contributed by atoms with Gasteiger partial charge in [-0.2, -0.15) is 0 Å². The summed E-state index contributed by atoms with van der Waals surface area (Å²) in [5.41, 5.74) is 7.44. The van der Waals surface area contributed by atoms with E-state index in [-0.39, 0.29) is 10.8 Å². The summed E-state index contributed by atoms with van der Waals surface area (Å²) in [4.78, 5) is 0. The topological polar surface area (TPSA) is 35.5 Å². The molecule has 4 aromatic carbocycles. The van der Waals surface area contributed by atoms with Gasteiger partial charge in [-0.05, 0) is 69.4 Å². The second kappa shape index (κ2) is 14.1. The Labute approximate surface area is 250 Å². The lowest BCUT2D eigenvalue weighted by Crippen LogP contribution is -2.14. The third-order valence-corrected chi connectivity index (χ3v) is 9.56. The Bertz CT molecular complexity index is 1430. The van der Waals surface area contributed by atoms with Crippen LogP contribution >= 0.6 is 16.8 Å². The second-order valence-electron chi connectivity index (χ2n) is 12.1. The first-order valence-electron chi connectivity index (χ1n) is 14.3. The molecule has 3 nitrogen and oxygen atoms in total. The van der Waals surface area contributed by atoms with Crippen molar-refractivity contribution in [1.29, 1.82) is 0 Å². The van der Waals surface area contributed by atoms with Crippen molar-refractivity contribution in [2.75, 3.05) is 13.2 Å². The maximum absolute atomic E-state index is 13.2. The summed E-state index contributed by atoms with van der Waals surface area (Å²) < 4.78 is 24.2. The van der Waals surface area contributed by atoms with E-state index >= 15 is 0 Å². The lowest BCUT2D eigenvalue weighted by Gasteiger charge is -2.21. The van der Waals surface area contributed by atoms with E-state index in [0.29, 0.717) is 18.5 Å². The lowest BCUT2D eigenvalue weighted by molar-refractivity contribution is 0.230. The van der Waals surface area contributed by atoms with Crippen LogP contribution in [0.15, 0.2) is 97.1 Å². The van der Waals surface area contributed by atoms with Gasteiger partial charge in [-0.3, -0.25) is 4.57 Å². The summed E-state index contributed by atoms with van der Waals surface area (Å²) in [6.45, 7) is 17.6. The van der Waals surface area contributed by atoms with Gasteiger partial charge in [-0.1, -0.05) is 133 Å². The monoisotopic (exact) mass is 588 g/mol. The fourth-order valence-electron chi connectivity index (χ4n) is 4.53. The van der Waals surface area contributed by atoms with Gasteiger partial charge in [-0.25, -0.2) is 0 Å². The Balaban J connectivity index is 0.000000239. The van der Waals surface area contributed by atoms with Gasteiger partial charge in [0.1, 0.15) is 0 Å². The fraction of sp³-hybridized carbons (Fsp3) is 0.333. The van der Waals surface area contributed by atoms with Gasteiger partial charge >= 0.3 is 7.60 Å². The van der Waals surface area contributed by atoms with Gasteiger partial charge in [0.25, 0.3) is 0 Å². The fourth-order valence-corrected chi connectivity index (χ4v) is 6.71. The highest BCUT2D eigenvalue weighted by molar-refractivity contribution is 7.62. The Morgan fingerprint density at radius 1 is 0.585 bits per heavy atom. The van der Waals surface area contributed by atoms with E-state index in [1.54, 1.807) is 0 Å². The Morgan fingerprint density at radius 3 is 1.39 bits per heavy atom. The van der Waals surface area contributed by atoms with Gasteiger partial charge in [-0.15, -0.1) is 9.24 Å². The predicted molar refractivity (Wildman–Crippen MR) is 181 cm³/mol. The van der Waals surface area contributed by atoms with E-state index in [9.17, 15) is 4.57 Å². The van der Waals surface area contributed by atoms with E-state index in [2.05, 4.69) is 124 Å². The van der Waals surface area contributed by atoms with Crippen molar-refractivity contribution in [1.82, 2.24) is 0 Å². The highest BCUT2D eigenvalue weighted by atomic mass is 31.2. The molecule has 4 rings (SSSR count).